The van der Waals surface area contributed by atoms with Crippen LogP contribution in [0.5, 0.6) is 0 Å². The molecule has 0 aliphatic heterocycles. The molecule has 3 nitrogen and oxygen atoms in total. The van der Waals surface area contributed by atoms with Gasteiger partial charge < -0.3 is 12.4 Å². The van der Waals surface area contributed by atoms with Gasteiger partial charge in [-0.2, -0.15) is 0 Å². The van der Waals surface area contributed by atoms with E-state index in [2.05, 4.69) is 4.99 Å². The van der Waals surface area contributed by atoms with E-state index in [1.165, 1.54) is 12.1 Å². The van der Waals surface area contributed by atoms with Crippen molar-refractivity contribution in [3.8, 4) is 0 Å². The molecule has 0 saturated carbocycles. The molecule has 5 heteroatoms. The van der Waals surface area contributed by atoms with Crippen molar-refractivity contribution in [1.29, 1.82) is 0 Å². The third-order valence-corrected chi connectivity index (χ3v) is 1.11. The Labute approximate surface area is 75.7 Å². The van der Waals surface area contributed by atoms with Crippen LogP contribution in [0.4, 0.5) is 10.1 Å². The van der Waals surface area contributed by atoms with Crippen molar-refractivity contribution in [2.45, 2.75) is 0 Å². The Hall–Kier alpha value is -1.29. The number of halogens is 2. The lowest BCUT2D eigenvalue weighted by Gasteiger charge is -1.90. The topological polar surface area (TPSA) is 66.0 Å². The first-order valence-electron chi connectivity index (χ1n) is 3.09. The summed E-state index contributed by atoms with van der Waals surface area (Å²) in [5, 5.41) is 0. The fraction of sp³-hybridized carbons (Fsp3) is 0. The minimum Gasteiger partial charge on any atom is -1.00 e. The van der Waals surface area contributed by atoms with E-state index < -0.39 is 0 Å². The maximum absolute atomic E-state index is 12.5. The van der Waals surface area contributed by atoms with Crippen LogP contribution in [0.3, 0.4) is 0 Å². The Bertz CT molecular complexity index is 284. The van der Waals surface area contributed by atoms with E-state index in [9.17, 15) is 4.39 Å². The lowest BCUT2D eigenvalue weighted by molar-refractivity contribution is -0.356. The van der Waals surface area contributed by atoms with Gasteiger partial charge in [-0.3, -0.25) is 11.5 Å². The quantitative estimate of drug-likeness (QED) is 0.310. The van der Waals surface area contributed by atoms with Crippen LogP contribution in [0.15, 0.2) is 24.3 Å². The minimum atomic E-state index is -0.323. The van der Waals surface area contributed by atoms with Crippen LogP contribution in [0.2, 0.25) is 0 Å². The number of rotatable bonds is 1. The molecule has 0 fully saturated rings. The minimum absolute atomic E-state index is 0. The van der Waals surface area contributed by atoms with Crippen LogP contribution in [0.25, 0.3) is 0 Å². The maximum atomic E-state index is 12.5. The molecular formula is C7H9ClFN3. The lowest BCUT2D eigenvalue weighted by atomic mass is 10.3. The van der Waals surface area contributed by atoms with Gasteiger partial charge in [0.1, 0.15) is 11.5 Å². The van der Waals surface area contributed by atoms with Crippen molar-refractivity contribution in [1.82, 2.24) is 0 Å². The van der Waals surface area contributed by atoms with Gasteiger partial charge in [0, 0.05) is 6.07 Å². The van der Waals surface area contributed by atoms with Crippen molar-refractivity contribution in [2.75, 3.05) is 0 Å². The average molecular weight is 190 g/mol. The highest BCUT2D eigenvalue weighted by molar-refractivity contribution is 5.70. The number of guanidine groups is 1. The molecule has 0 heterocycles. The van der Waals surface area contributed by atoms with Gasteiger partial charge in [0.25, 0.3) is 0 Å². The summed E-state index contributed by atoms with van der Waals surface area (Å²) < 4.78 is 12.5. The Kier molecular flexibility index (Phi) is 4.07. The van der Waals surface area contributed by atoms with Crippen LogP contribution < -0.4 is 28.9 Å². The fourth-order valence-electron chi connectivity index (χ4n) is 0.733. The highest BCUT2D eigenvalue weighted by Gasteiger charge is 1.93. The van der Waals surface area contributed by atoms with E-state index in [0.717, 1.165) is 0 Å². The number of hydrogen-bond acceptors (Lipinski definition) is 0. The predicted octanol–water partition coefficient (Wildman–Crippen LogP) is -4.18. The number of nitrogens with two attached hydrogens (primary N) is 2. The Morgan fingerprint density at radius 1 is 1.33 bits per heavy atom. The van der Waals surface area contributed by atoms with E-state index in [0.29, 0.717) is 5.69 Å². The predicted molar refractivity (Wildman–Crippen MR) is 40.4 cm³/mol. The summed E-state index contributed by atoms with van der Waals surface area (Å²) in [5.41, 5.74) is 10.8. The summed E-state index contributed by atoms with van der Waals surface area (Å²) in [7, 11) is 0. The van der Waals surface area contributed by atoms with Gasteiger partial charge in [-0.1, -0.05) is 6.07 Å². The molecule has 66 valence electrons. The van der Waals surface area contributed by atoms with Gasteiger partial charge in [0.2, 0.25) is 0 Å². The third-order valence-electron chi connectivity index (χ3n) is 1.11. The second-order valence-electron chi connectivity index (χ2n) is 2.09. The van der Waals surface area contributed by atoms with Gasteiger partial charge >= 0.3 is 5.96 Å². The van der Waals surface area contributed by atoms with Crippen molar-refractivity contribution < 1.29 is 21.8 Å². The van der Waals surface area contributed by atoms with Crippen LogP contribution >= 0.6 is 0 Å². The van der Waals surface area contributed by atoms with E-state index >= 15 is 0 Å². The standard InChI is InChI=1S/C7H8FN3.ClH/c8-5-2-1-3-6(4-5)11-7(9)10;/h1-4H,(H4,9,10,11);1H. The third kappa shape index (κ3) is 3.21. The summed E-state index contributed by atoms with van der Waals surface area (Å²) in [6, 6.07) is 5.89. The largest absolute Gasteiger partial charge is 1.00 e. The SMILES string of the molecule is NC(N)=[NH+]c1cccc(F)c1.[Cl-]. The van der Waals surface area contributed by atoms with Crippen molar-refractivity contribution in [2.24, 2.45) is 11.5 Å². The highest BCUT2D eigenvalue weighted by atomic mass is 35.5. The molecule has 0 aliphatic rings. The van der Waals surface area contributed by atoms with Crippen LogP contribution in [-0.4, -0.2) is 5.96 Å². The Balaban J connectivity index is 0.00000121. The van der Waals surface area contributed by atoms with E-state index in [-0.39, 0.29) is 24.2 Å². The molecule has 0 saturated heterocycles. The molecule has 0 spiro atoms. The molecule has 1 rings (SSSR count). The van der Waals surface area contributed by atoms with Crippen LogP contribution in [-0.2, 0) is 0 Å². The first kappa shape index (κ1) is 10.7. The average Bonchev–Trinajstić information content (AvgIpc) is 1.85. The number of nitrogens with one attached hydrogen (secondary N) is 1. The monoisotopic (exact) mass is 189 g/mol. The molecule has 0 radical (unpaired) electrons. The second kappa shape index (κ2) is 4.56. The van der Waals surface area contributed by atoms with E-state index in [1.807, 2.05) is 0 Å². The number of benzene rings is 1. The molecule has 12 heavy (non-hydrogen) atoms. The van der Waals surface area contributed by atoms with Crippen LogP contribution in [0.1, 0.15) is 0 Å². The summed E-state index contributed by atoms with van der Waals surface area (Å²) in [5.74, 6) is -0.271. The highest BCUT2D eigenvalue weighted by Crippen LogP contribution is 2.01. The van der Waals surface area contributed by atoms with Crippen molar-refractivity contribution >= 4 is 11.6 Å². The fourth-order valence-corrected chi connectivity index (χ4v) is 0.733. The zero-order valence-corrected chi connectivity index (χ0v) is 6.98. The molecule has 0 bridgehead atoms. The molecular weight excluding hydrogens is 181 g/mol. The summed E-state index contributed by atoms with van der Waals surface area (Å²) in [6.45, 7) is 0. The van der Waals surface area contributed by atoms with Crippen LogP contribution in [0, 0.1) is 5.82 Å². The number of hydrogen-bond donors (Lipinski definition) is 3. The maximum Gasteiger partial charge on any atom is 0.343 e. The first-order chi connectivity index (χ1) is 5.18. The zero-order valence-electron chi connectivity index (χ0n) is 6.22. The Morgan fingerprint density at radius 2 is 2.00 bits per heavy atom. The van der Waals surface area contributed by atoms with Gasteiger partial charge in [0.05, 0.1) is 0 Å². The first-order valence-corrected chi connectivity index (χ1v) is 3.09. The van der Waals surface area contributed by atoms with Gasteiger partial charge in [-0.15, -0.1) is 0 Å². The smallest absolute Gasteiger partial charge is 0.343 e. The van der Waals surface area contributed by atoms with Crippen molar-refractivity contribution in [3.05, 3.63) is 30.1 Å². The van der Waals surface area contributed by atoms with Gasteiger partial charge in [-0.25, -0.2) is 9.38 Å². The molecule has 0 aliphatic carbocycles. The Morgan fingerprint density at radius 3 is 2.50 bits per heavy atom. The molecule has 0 amide bonds. The molecule has 0 unspecified atom stereocenters. The summed E-state index contributed by atoms with van der Waals surface area (Å²) >= 11 is 0. The molecule has 5 N–H and O–H groups in total. The molecule has 1 aromatic carbocycles. The van der Waals surface area contributed by atoms with Crippen molar-refractivity contribution in [3.63, 3.8) is 0 Å². The lowest BCUT2D eigenvalue weighted by Crippen LogP contribution is -3.00. The zero-order chi connectivity index (χ0) is 8.27. The van der Waals surface area contributed by atoms with Gasteiger partial charge in [-0.05, 0) is 12.1 Å². The van der Waals surface area contributed by atoms with Gasteiger partial charge in [0.15, 0.2) is 0 Å². The van der Waals surface area contributed by atoms with E-state index in [1.54, 1.807) is 12.1 Å². The second-order valence-corrected chi connectivity index (χ2v) is 2.09. The molecule has 1 aromatic rings. The molecule has 0 atom stereocenters. The normalized spacial score (nSPS) is 8.42. The summed E-state index contributed by atoms with van der Waals surface area (Å²) in [6.07, 6.45) is 0. The van der Waals surface area contributed by atoms with E-state index in [4.69, 9.17) is 11.5 Å². The molecule has 0 aromatic heterocycles. The summed E-state index contributed by atoms with van der Waals surface area (Å²) in [4.78, 5) is 2.58.